The van der Waals surface area contributed by atoms with E-state index in [9.17, 15) is 0 Å². The van der Waals surface area contributed by atoms with E-state index in [4.69, 9.17) is 4.74 Å². The van der Waals surface area contributed by atoms with E-state index in [1.807, 2.05) is 0 Å². The molecule has 0 bridgehead atoms. The third-order valence-electron chi connectivity index (χ3n) is 9.94. The zero-order chi connectivity index (χ0) is 32.1. The molecule has 0 atom stereocenters. The summed E-state index contributed by atoms with van der Waals surface area (Å²) in [4.78, 5) is 2.53. The Morgan fingerprint density at radius 3 is 1.62 bits per heavy atom. The minimum absolute atomic E-state index is 0.628. The van der Waals surface area contributed by atoms with Crippen molar-refractivity contribution in [1.82, 2.24) is 0 Å². The first-order chi connectivity index (χ1) is 23.7. The molecule has 0 radical (unpaired) electrons. The number of allylic oxidation sites excluding steroid dienone is 5. The Kier molecular flexibility index (Phi) is 7.02. The maximum Gasteiger partial charge on any atom is 0.132 e. The second kappa shape index (κ2) is 11.7. The average Bonchev–Trinajstić information content (AvgIpc) is 3.36. The fourth-order valence-electron chi connectivity index (χ4n) is 7.76. The van der Waals surface area contributed by atoms with E-state index in [-0.39, 0.29) is 0 Å². The van der Waals surface area contributed by atoms with E-state index < -0.39 is 5.41 Å². The minimum atomic E-state index is -0.628. The predicted octanol–water partition coefficient (Wildman–Crippen LogP) is 12.1. The van der Waals surface area contributed by atoms with Gasteiger partial charge in [-0.3, -0.25) is 0 Å². The molecule has 0 unspecified atom stereocenters. The molecular weight excluding hydrogens is 650 g/mol. The van der Waals surface area contributed by atoms with Gasteiger partial charge in [-0.15, -0.1) is 0 Å². The maximum atomic E-state index is 6.70. The largest absolute Gasteiger partial charge is 0.457 e. The van der Waals surface area contributed by atoms with Crippen LogP contribution in [-0.4, -0.2) is 6.54 Å². The lowest BCUT2D eigenvalue weighted by molar-refractivity contribution is 0.433. The van der Waals surface area contributed by atoms with Crippen molar-refractivity contribution < 1.29 is 4.74 Å². The molecule has 0 N–H and O–H groups in total. The summed E-state index contributed by atoms with van der Waals surface area (Å²) in [5, 5.41) is 0. The number of hydrogen-bond acceptors (Lipinski definition) is 2. The third-order valence-corrected chi connectivity index (χ3v) is 10.8. The summed E-state index contributed by atoms with van der Waals surface area (Å²) in [7, 11) is 0. The second-order valence-electron chi connectivity index (χ2n) is 12.6. The van der Waals surface area contributed by atoms with Crippen molar-refractivity contribution in [2.75, 3.05) is 11.4 Å². The van der Waals surface area contributed by atoms with E-state index in [2.05, 4.69) is 191 Å². The molecule has 2 nitrogen and oxygen atoms in total. The van der Waals surface area contributed by atoms with Crippen LogP contribution in [0.15, 0.2) is 180 Å². The van der Waals surface area contributed by atoms with Gasteiger partial charge in [-0.1, -0.05) is 143 Å². The summed E-state index contributed by atoms with van der Waals surface area (Å²) in [5.74, 6) is 1.78. The first kappa shape index (κ1) is 28.8. The number of halogens is 1. The van der Waals surface area contributed by atoms with Gasteiger partial charge < -0.3 is 9.64 Å². The number of rotatable bonds is 4. The molecule has 1 spiro atoms. The third kappa shape index (κ3) is 4.53. The lowest BCUT2D eigenvalue weighted by Gasteiger charge is -2.49. The lowest BCUT2D eigenvalue weighted by atomic mass is 9.60. The summed E-state index contributed by atoms with van der Waals surface area (Å²) in [6.45, 7) is 0.751. The SMILES string of the molecule is BrC1=C(CN2c3ccc(-c4ccccc4)cc3C3(c4ccccc4Oc4ccccc43)c3cc(-c4ccccc4)ccc32)CC=CC=C1. The molecule has 1 aliphatic carbocycles. The van der Waals surface area contributed by atoms with Crippen molar-refractivity contribution in [2.45, 2.75) is 11.8 Å². The van der Waals surface area contributed by atoms with Gasteiger partial charge in [0.1, 0.15) is 11.5 Å². The normalized spacial score (nSPS) is 15.2. The smallest absolute Gasteiger partial charge is 0.132 e. The number of fused-ring (bicyclic) bond motifs is 8. The maximum absolute atomic E-state index is 6.70. The molecule has 0 aromatic heterocycles. The van der Waals surface area contributed by atoms with E-state index in [1.165, 1.54) is 50.3 Å². The molecule has 2 aliphatic heterocycles. The van der Waals surface area contributed by atoms with Crippen LogP contribution in [0.3, 0.4) is 0 Å². The molecule has 0 amide bonds. The van der Waals surface area contributed by atoms with Gasteiger partial charge in [0.15, 0.2) is 0 Å². The fourth-order valence-corrected chi connectivity index (χ4v) is 8.20. The average molecular weight is 683 g/mol. The van der Waals surface area contributed by atoms with E-state index in [0.29, 0.717) is 0 Å². The van der Waals surface area contributed by atoms with E-state index in [1.54, 1.807) is 0 Å². The van der Waals surface area contributed by atoms with E-state index >= 15 is 0 Å². The Morgan fingerprint density at radius 1 is 0.542 bits per heavy atom. The van der Waals surface area contributed by atoms with Crippen LogP contribution in [0.4, 0.5) is 11.4 Å². The first-order valence-electron chi connectivity index (χ1n) is 16.5. The van der Waals surface area contributed by atoms with Crippen LogP contribution in [0.25, 0.3) is 22.3 Å². The second-order valence-corrected chi connectivity index (χ2v) is 13.4. The summed E-state index contributed by atoms with van der Waals surface area (Å²) < 4.78 is 7.84. The van der Waals surface area contributed by atoms with Crippen LogP contribution in [-0.2, 0) is 5.41 Å². The van der Waals surface area contributed by atoms with E-state index in [0.717, 1.165) is 40.1 Å². The molecule has 3 aliphatic rings. The van der Waals surface area contributed by atoms with Crippen LogP contribution in [0.5, 0.6) is 11.5 Å². The summed E-state index contributed by atoms with van der Waals surface area (Å²) in [6, 6.07) is 52.8. The van der Waals surface area contributed by atoms with Gasteiger partial charge in [0.2, 0.25) is 0 Å². The van der Waals surface area contributed by atoms with Gasteiger partial charge in [0.05, 0.1) is 5.41 Å². The highest BCUT2D eigenvalue weighted by Crippen LogP contribution is 2.62. The van der Waals surface area contributed by atoms with Crippen molar-refractivity contribution in [3.8, 4) is 33.8 Å². The van der Waals surface area contributed by atoms with Crippen molar-refractivity contribution >= 4 is 27.3 Å². The van der Waals surface area contributed by atoms with Gasteiger partial charge in [-0.25, -0.2) is 0 Å². The summed E-state index contributed by atoms with van der Waals surface area (Å²) >= 11 is 3.92. The number of ether oxygens (including phenoxy) is 1. The number of hydrogen-bond donors (Lipinski definition) is 0. The Bertz CT molecular complexity index is 2140. The van der Waals surface area contributed by atoms with Crippen LogP contribution in [0.2, 0.25) is 0 Å². The van der Waals surface area contributed by atoms with Crippen LogP contribution < -0.4 is 9.64 Å². The standard InChI is InChI=1S/C45H32BrNO/c46-40-21-9-3-8-18-35(40)30-47-41-26-24-33(31-14-4-1-5-15-31)28-38(41)45(39-29-34(25-27-42(39)47)32-16-6-2-7-17-32)36-19-10-12-22-43(36)48-44-23-13-11-20-37(44)45/h1-17,19-29H,18,30H2. The molecule has 3 heteroatoms. The number of nitrogens with zero attached hydrogens (tertiary/aromatic N) is 1. The Morgan fingerprint density at radius 2 is 1.06 bits per heavy atom. The van der Waals surface area contributed by atoms with Crippen molar-refractivity contribution in [3.05, 3.63) is 202 Å². The van der Waals surface area contributed by atoms with Crippen LogP contribution in [0.1, 0.15) is 28.7 Å². The van der Waals surface area contributed by atoms with Crippen molar-refractivity contribution in [3.63, 3.8) is 0 Å². The predicted molar refractivity (Wildman–Crippen MR) is 202 cm³/mol. The molecule has 0 fully saturated rings. The molecule has 2 heterocycles. The van der Waals surface area contributed by atoms with Gasteiger partial charge in [0, 0.05) is 33.5 Å². The number of para-hydroxylation sites is 2. The molecule has 0 saturated heterocycles. The highest BCUT2D eigenvalue weighted by Gasteiger charge is 2.51. The Balaban J connectivity index is 1.41. The van der Waals surface area contributed by atoms with Crippen molar-refractivity contribution in [1.29, 1.82) is 0 Å². The Labute approximate surface area is 290 Å². The summed E-state index contributed by atoms with van der Waals surface area (Å²) in [5.41, 5.74) is 12.7. The van der Waals surface area contributed by atoms with Gasteiger partial charge in [-0.05, 0) is 87.8 Å². The zero-order valence-corrected chi connectivity index (χ0v) is 27.9. The molecular formula is C45H32BrNO. The fraction of sp³-hybridized carbons (Fsp3) is 0.0667. The molecule has 230 valence electrons. The number of anilines is 2. The summed E-state index contributed by atoms with van der Waals surface area (Å²) in [6.07, 6.45) is 9.53. The highest BCUT2D eigenvalue weighted by atomic mass is 79.9. The Hall–Kier alpha value is -5.38. The minimum Gasteiger partial charge on any atom is -0.457 e. The molecule has 0 saturated carbocycles. The topological polar surface area (TPSA) is 12.5 Å². The molecule has 6 aromatic rings. The van der Waals surface area contributed by atoms with Crippen LogP contribution in [0, 0.1) is 0 Å². The van der Waals surface area contributed by atoms with Gasteiger partial charge >= 0.3 is 0 Å². The molecule has 9 rings (SSSR count). The van der Waals surface area contributed by atoms with Crippen molar-refractivity contribution in [2.24, 2.45) is 0 Å². The monoisotopic (exact) mass is 681 g/mol. The highest BCUT2D eigenvalue weighted by molar-refractivity contribution is 9.11. The number of benzene rings is 6. The van der Waals surface area contributed by atoms with Crippen LogP contribution >= 0.6 is 15.9 Å². The zero-order valence-electron chi connectivity index (χ0n) is 26.3. The first-order valence-corrected chi connectivity index (χ1v) is 17.3. The quantitative estimate of drug-likeness (QED) is 0.183. The van der Waals surface area contributed by atoms with Gasteiger partial charge in [-0.2, -0.15) is 0 Å². The molecule has 48 heavy (non-hydrogen) atoms. The van der Waals surface area contributed by atoms with Gasteiger partial charge in [0.25, 0.3) is 0 Å². The molecule has 6 aromatic carbocycles. The lowest BCUT2D eigenvalue weighted by Crippen LogP contribution is -2.41.